The standard InChI is InChI=1S/C25H40N4O3S/c1-7-25(3,4)18-9-11-19(12-10-18)26-24(30)16-15-23-27-21-17-20(33(31,32)28(5)6)13-14-22(21)29(23)8-2/h13-14,17-19H,7-12,15-16H2,1-6H3,(H,26,30). The predicted molar refractivity (Wildman–Crippen MR) is 133 cm³/mol. The molecule has 0 aliphatic heterocycles. The first-order valence-corrected chi connectivity index (χ1v) is 13.6. The number of amides is 1. The first kappa shape index (κ1) is 25.7. The van der Waals surface area contributed by atoms with Gasteiger partial charge in [-0.1, -0.05) is 27.2 Å². The summed E-state index contributed by atoms with van der Waals surface area (Å²) in [5.41, 5.74) is 1.91. The van der Waals surface area contributed by atoms with Gasteiger partial charge in [-0.05, 0) is 62.1 Å². The van der Waals surface area contributed by atoms with Crippen LogP contribution in [0.1, 0.15) is 72.0 Å². The number of imidazole rings is 1. The van der Waals surface area contributed by atoms with Crippen molar-refractivity contribution in [1.82, 2.24) is 19.2 Å². The van der Waals surface area contributed by atoms with E-state index in [0.29, 0.717) is 30.3 Å². The number of hydrogen-bond acceptors (Lipinski definition) is 4. The first-order chi connectivity index (χ1) is 15.5. The second-order valence-corrected chi connectivity index (χ2v) is 12.3. The van der Waals surface area contributed by atoms with Gasteiger partial charge in [-0.3, -0.25) is 4.79 Å². The number of benzene rings is 1. The van der Waals surface area contributed by atoms with Crippen molar-refractivity contribution >= 4 is 27.0 Å². The third kappa shape index (κ3) is 5.60. The number of nitrogens with one attached hydrogen (secondary N) is 1. The molecular weight excluding hydrogens is 436 g/mol. The minimum absolute atomic E-state index is 0.0683. The number of aryl methyl sites for hydroxylation is 2. The number of carbonyl (C=O) groups is 1. The van der Waals surface area contributed by atoms with Gasteiger partial charge in [0.1, 0.15) is 5.82 Å². The zero-order valence-corrected chi connectivity index (χ0v) is 21.8. The van der Waals surface area contributed by atoms with Crippen LogP contribution in [0.3, 0.4) is 0 Å². The quantitative estimate of drug-likeness (QED) is 0.583. The molecule has 1 aromatic carbocycles. The monoisotopic (exact) mass is 476 g/mol. The third-order valence-corrected chi connectivity index (χ3v) is 9.39. The van der Waals surface area contributed by atoms with Crippen LogP contribution in [0.25, 0.3) is 11.0 Å². The van der Waals surface area contributed by atoms with Gasteiger partial charge in [0.05, 0.1) is 15.9 Å². The van der Waals surface area contributed by atoms with Gasteiger partial charge in [-0.25, -0.2) is 17.7 Å². The highest BCUT2D eigenvalue weighted by atomic mass is 32.2. The highest BCUT2D eigenvalue weighted by Gasteiger charge is 2.32. The maximum Gasteiger partial charge on any atom is 0.242 e. The Kier molecular flexibility index (Phi) is 7.89. The summed E-state index contributed by atoms with van der Waals surface area (Å²) < 4.78 is 28.2. The Morgan fingerprint density at radius 2 is 1.85 bits per heavy atom. The van der Waals surface area contributed by atoms with Crippen LogP contribution in [-0.4, -0.2) is 48.3 Å². The van der Waals surface area contributed by atoms with Crippen LogP contribution in [0, 0.1) is 11.3 Å². The average molecular weight is 477 g/mol. The second-order valence-electron chi connectivity index (χ2n) is 10.2. The molecule has 1 aromatic heterocycles. The normalized spacial score (nSPS) is 19.8. The van der Waals surface area contributed by atoms with Gasteiger partial charge in [-0.2, -0.15) is 0 Å². The summed E-state index contributed by atoms with van der Waals surface area (Å²) in [5, 5.41) is 3.23. The van der Waals surface area contributed by atoms with E-state index in [1.807, 2.05) is 13.0 Å². The lowest BCUT2D eigenvalue weighted by molar-refractivity contribution is -0.122. The molecule has 0 radical (unpaired) electrons. The topological polar surface area (TPSA) is 84.3 Å². The van der Waals surface area contributed by atoms with Crippen molar-refractivity contribution in [3.63, 3.8) is 0 Å². The summed E-state index contributed by atoms with van der Waals surface area (Å²) in [6, 6.07) is 5.32. The van der Waals surface area contributed by atoms with E-state index in [9.17, 15) is 13.2 Å². The van der Waals surface area contributed by atoms with Crippen LogP contribution in [0.15, 0.2) is 23.1 Å². The summed E-state index contributed by atoms with van der Waals surface area (Å²) in [5.74, 6) is 1.62. The fourth-order valence-corrected chi connectivity index (χ4v) is 5.83. The van der Waals surface area contributed by atoms with Crippen LogP contribution in [-0.2, 0) is 27.8 Å². The third-order valence-electron chi connectivity index (χ3n) is 7.58. The van der Waals surface area contributed by atoms with Gasteiger partial charge in [0.15, 0.2) is 0 Å². The maximum atomic E-state index is 12.7. The average Bonchev–Trinajstić information content (AvgIpc) is 3.14. The predicted octanol–water partition coefficient (Wildman–Crippen LogP) is 4.35. The van der Waals surface area contributed by atoms with Crippen LogP contribution in [0.4, 0.5) is 0 Å². The SMILES string of the molecule is CCn1c(CCC(=O)NC2CCC(C(C)(C)CC)CC2)nc2cc(S(=O)(=O)N(C)C)ccc21. The van der Waals surface area contributed by atoms with Gasteiger partial charge in [0, 0.05) is 39.5 Å². The molecule has 1 amide bonds. The molecule has 2 aromatic rings. The van der Waals surface area contributed by atoms with E-state index in [-0.39, 0.29) is 16.8 Å². The Labute approximate surface area is 199 Å². The summed E-state index contributed by atoms with van der Waals surface area (Å²) in [4.78, 5) is 17.6. The molecule has 1 saturated carbocycles. The lowest BCUT2D eigenvalue weighted by Gasteiger charge is -2.39. The Hall–Kier alpha value is -1.93. The van der Waals surface area contributed by atoms with E-state index in [4.69, 9.17) is 0 Å². The number of aromatic nitrogens is 2. The summed E-state index contributed by atoms with van der Waals surface area (Å²) in [6.45, 7) is 9.72. The van der Waals surface area contributed by atoms with Gasteiger partial charge < -0.3 is 9.88 Å². The molecule has 1 N–H and O–H groups in total. The molecule has 1 heterocycles. The van der Waals surface area contributed by atoms with E-state index in [1.54, 1.807) is 12.1 Å². The van der Waals surface area contributed by atoms with E-state index in [0.717, 1.165) is 30.1 Å². The minimum Gasteiger partial charge on any atom is -0.353 e. The maximum absolute atomic E-state index is 12.7. The molecule has 1 aliphatic carbocycles. The van der Waals surface area contributed by atoms with E-state index in [2.05, 4.69) is 35.6 Å². The Morgan fingerprint density at radius 3 is 2.42 bits per heavy atom. The number of rotatable bonds is 9. The van der Waals surface area contributed by atoms with Crippen LogP contribution in [0.5, 0.6) is 0 Å². The minimum atomic E-state index is -3.52. The summed E-state index contributed by atoms with van der Waals surface area (Å²) >= 11 is 0. The fraction of sp³-hybridized carbons (Fsp3) is 0.680. The van der Waals surface area contributed by atoms with E-state index in [1.165, 1.54) is 37.7 Å². The van der Waals surface area contributed by atoms with Crippen LogP contribution < -0.4 is 5.32 Å². The summed E-state index contributed by atoms with van der Waals surface area (Å²) in [7, 11) is -0.478. The zero-order valence-electron chi connectivity index (χ0n) is 21.0. The summed E-state index contributed by atoms with van der Waals surface area (Å²) in [6.07, 6.45) is 6.56. The molecule has 0 atom stereocenters. The largest absolute Gasteiger partial charge is 0.353 e. The first-order valence-electron chi connectivity index (χ1n) is 12.2. The van der Waals surface area contributed by atoms with Gasteiger partial charge in [-0.15, -0.1) is 0 Å². The Bertz CT molecular complexity index is 1080. The van der Waals surface area contributed by atoms with Crippen LogP contribution in [0.2, 0.25) is 0 Å². The molecule has 1 fully saturated rings. The van der Waals surface area contributed by atoms with Gasteiger partial charge in [0.2, 0.25) is 15.9 Å². The molecule has 0 unspecified atom stereocenters. The molecule has 33 heavy (non-hydrogen) atoms. The van der Waals surface area contributed by atoms with Crippen molar-refractivity contribution in [2.24, 2.45) is 11.3 Å². The van der Waals surface area contributed by atoms with Crippen molar-refractivity contribution < 1.29 is 13.2 Å². The number of sulfonamides is 1. The number of nitrogens with zero attached hydrogens (tertiary/aromatic N) is 3. The van der Waals surface area contributed by atoms with Crippen molar-refractivity contribution in [3.8, 4) is 0 Å². The molecule has 0 saturated heterocycles. The molecule has 3 rings (SSSR count). The van der Waals surface area contributed by atoms with E-state index < -0.39 is 10.0 Å². The second kappa shape index (κ2) is 10.1. The molecule has 184 valence electrons. The van der Waals surface area contributed by atoms with Crippen molar-refractivity contribution in [1.29, 1.82) is 0 Å². The molecule has 1 aliphatic rings. The molecule has 0 spiro atoms. The highest BCUT2D eigenvalue weighted by Crippen LogP contribution is 2.40. The van der Waals surface area contributed by atoms with E-state index >= 15 is 0 Å². The lowest BCUT2D eigenvalue weighted by Crippen LogP contribution is -2.40. The molecule has 0 bridgehead atoms. The number of carbonyl (C=O) groups excluding carboxylic acids is 1. The fourth-order valence-electron chi connectivity index (χ4n) is 4.91. The van der Waals surface area contributed by atoms with Gasteiger partial charge in [0.25, 0.3) is 0 Å². The highest BCUT2D eigenvalue weighted by molar-refractivity contribution is 7.89. The van der Waals surface area contributed by atoms with Crippen LogP contribution >= 0.6 is 0 Å². The number of fused-ring (bicyclic) bond motifs is 1. The number of hydrogen-bond donors (Lipinski definition) is 1. The smallest absolute Gasteiger partial charge is 0.242 e. The Morgan fingerprint density at radius 1 is 1.18 bits per heavy atom. The molecular formula is C25H40N4O3S. The molecule has 7 nitrogen and oxygen atoms in total. The van der Waals surface area contributed by atoms with Crippen molar-refractivity contribution in [2.75, 3.05) is 14.1 Å². The lowest BCUT2D eigenvalue weighted by atomic mass is 9.69. The van der Waals surface area contributed by atoms with Crippen molar-refractivity contribution in [3.05, 3.63) is 24.0 Å². The van der Waals surface area contributed by atoms with Crippen molar-refractivity contribution in [2.45, 2.75) is 90.1 Å². The Balaban J connectivity index is 1.63. The zero-order chi connectivity index (χ0) is 24.4. The van der Waals surface area contributed by atoms with Gasteiger partial charge >= 0.3 is 0 Å². The molecule has 8 heteroatoms.